The molecule has 0 aliphatic rings. The van der Waals surface area contributed by atoms with Crippen LogP contribution in [0.5, 0.6) is 0 Å². The Morgan fingerprint density at radius 3 is 3.00 bits per heavy atom. The van der Waals surface area contributed by atoms with E-state index in [1.807, 2.05) is 29.1 Å². The molecule has 0 unspecified atom stereocenters. The Morgan fingerprint density at radius 2 is 2.40 bits per heavy atom. The summed E-state index contributed by atoms with van der Waals surface area (Å²) in [6, 6.07) is 5.87. The van der Waals surface area contributed by atoms with Crippen LogP contribution in [-0.2, 0) is 6.54 Å². The highest BCUT2D eigenvalue weighted by Gasteiger charge is 2.02. The van der Waals surface area contributed by atoms with Gasteiger partial charge < -0.3 is 0 Å². The first kappa shape index (κ1) is 10.1. The third-order valence-corrected chi connectivity index (χ3v) is 2.73. The third-order valence-electron chi connectivity index (χ3n) is 1.91. The van der Waals surface area contributed by atoms with Crippen LogP contribution in [-0.4, -0.2) is 14.8 Å². The molecule has 0 bridgehead atoms. The van der Waals surface area contributed by atoms with Crippen molar-refractivity contribution in [1.82, 2.24) is 14.8 Å². The van der Waals surface area contributed by atoms with Gasteiger partial charge in [-0.3, -0.25) is 4.68 Å². The number of nitrogens with zero attached hydrogens (tertiary/aromatic N) is 4. The molecule has 0 saturated heterocycles. The SMILES string of the molecule is N#Cc1ncc(Cn2cccn2)cc1I. The molecular formula is C10H7IN4. The summed E-state index contributed by atoms with van der Waals surface area (Å²) in [5.74, 6) is 0. The van der Waals surface area contributed by atoms with E-state index in [2.05, 4.69) is 32.7 Å². The lowest BCUT2D eigenvalue weighted by Gasteiger charge is -2.02. The molecule has 0 aliphatic carbocycles. The molecule has 0 aliphatic heterocycles. The number of aromatic nitrogens is 3. The average Bonchev–Trinajstić information content (AvgIpc) is 2.71. The molecule has 2 aromatic rings. The fourth-order valence-electron chi connectivity index (χ4n) is 1.23. The lowest BCUT2D eigenvalue weighted by atomic mass is 10.2. The zero-order valence-corrected chi connectivity index (χ0v) is 9.92. The summed E-state index contributed by atoms with van der Waals surface area (Å²) < 4.78 is 2.69. The van der Waals surface area contributed by atoms with Gasteiger partial charge in [0.05, 0.1) is 6.54 Å². The molecule has 0 amide bonds. The highest BCUT2D eigenvalue weighted by Crippen LogP contribution is 2.11. The van der Waals surface area contributed by atoms with Gasteiger partial charge in [0.15, 0.2) is 5.69 Å². The van der Waals surface area contributed by atoms with E-state index in [1.54, 1.807) is 12.4 Å². The van der Waals surface area contributed by atoms with Gasteiger partial charge >= 0.3 is 0 Å². The van der Waals surface area contributed by atoms with Crippen LogP contribution < -0.4 is 0 Å². The van der Waals surface area contributed by atoms with Crippen molar-refractivity contribution in [3.05, 3.63) is 45.6 Å². The van der Waals surface area contributed by atoms with Crippen molar-refractivity contribution in [2.75, 3.05) is 0 Å². The van der Waals surface area contributed by atoms with Crippen LogP contribution in [0.4, 0.5) is 0 Å². The number of halogens is 1. The first-order valence-corrected chi connectivity index (χ1v) is 5.39. The van der Waals surface area contributed by atoms with Gasteiger partial charge in [-0.25, -0.2) is 4.98 Å². The Balaban J connectivity index is 2.24. The quantitative estimate of drug-likeness (QED) is 0.795. The second-order valence-corrected chi connectivity index (χ2v) is 4.15. The molecule has 2 rings (SSSR count). The fourth-order valence-corrected chi connectivity index (χ4v) is 1.89. The van der Waals surface area contributed by atoms with Crippen molar-refractivity contribution in [1.29, 1.82) is 5.26 Å². The Morgan fingerprint density at radius 1 is 1.53 bits per heavy atom. The Hall–Kier alpha value is -1.42. The standard InChI is InChI=1S/C10H7IN4/c11-9-4-8(6-13-10(9)5-12)7-15-3-1-2-14-15/h1-4,6H,7H2. The van der Waals surface area contributed by atoms with Gasteiger partial charge in [-0.15, -0.1) is 0 Å². The van der Waals surface area contributed by atoms with Gasteiger partial charge in [0.2, 0.25) is 0 Å². The summed E-state index contributed by atoms with van der Waals surface area (Å²) in [5, 5.41) is 12.8. The van der Waals surface area contributed by atoms with Gasteiger partial charge in [0, 0.05) is 22.2 Å². The van der Waals surface area contributed by atoms with E-state index < -0.39 is 0 Å². The van der Waals surface area contributed by atoms with Crippen LogP contribution in [0.2, 0.25) is 0 Å². The molecule has 15 heavy (non-hydrogen) atoms. The predicted octanol–water partition coefficient (Wildman–Crippen LogP) is 1.80. The normalized spacial score (nSPS) is 9.87. The fraction of sp³-hybridized carbons (Fsp3) is 0.100. The zero-order valence-electron chi connectivity index (χ0n) is 7.76. The van der Waals surface area contributed by atoms with E-state index in [0.29, 0.717) is 12.2 Å². The number of hydrogen-bond acceptors (Lipinski definition) is 3. The van der Waals surface area contributed by atoms with Crippen LogP contribution in [0.1, 0.15) is 11.3 Å². The largest absolute Gasteiger partial charge is 0.268 e. The lowest BCUT2D eigenvalue weighted by molar-refractivity contribution is 0.684. The van der Waals surface area contributed by atoms with Gasteiger partial charge in [-0.05, 0) is 40.3 Å². The molecular weight excluding hydrogens is 303 g/mol. The van der Waals surface area contributed by atoms with Gasteiger partial charge in [0.25, 0.3) is 0 Å². The molecule has 5 heteroatoms. The number of rotatable bonds is 2. The van der Waals surface area contributed by atoms with Crippen molar-refractivity contribution < 1.29 is 0 Å². The maximum Gasteiger partial charge on any atom is 0.153 e. The van der Waals surface area contributed by atoms with E-state index in [1.165, 1.54) is 0 Å². The average molecular weight is 310 g/mol. The molecule has 0 saturated carbocycles. The molecule has 0 aromatic carbocycles. The van der Waals surface area contributed by atoms with E-state index in [4.69, 9.17) is 5.26 Å². The Bertz CT molecular complexity index is 499. The molecule has 0 atom stereocenters. The van der Waals surface area contributed by atoms with Gasteiger partial charge in [-0.2, -0.15) is 10.4 Å². The first-order chi connectivity index (χ1) is 7.29. The smallest absolute Gasteiger partial charge is 0.153 e. The second-order valence-electron chi connectivity index (χ2n) is 2.99. The summed E-state index contributed by atoms with van der Waals surface area (Å²) in [4.78, 5) is 4.07. The predicted molar refractivity (Wildman–Crippen MR) is 63.0 cm³/mol. The van der Waals surface area contributed by atoms with E-state index >= 15 is 0 Å². The van der Waals surface area contributed by atoms with Crippen molar-refractivity contribution in [2.45, 2.75) is 6.54 Å². The molecule has 0 radical (unpaired) electrons. The van der Waals surface area contributed by atoms with Crippen molar-refractivity contribution in [2.24, 2.45) is 0 Å². The highest BCUT2D eigenvalue weighted by molar-refractivity contribution is 14.1. The summed E-state index contributed by atoms with van der Waals surface area (Å²) >= 11 is 2.11. The van der Waals surface area contributed by atoms with Crippen molar-refractivity contribution in [3.63, 3.8) is 0 Å². The summed E-state index contributed by atoms with van der Waals surface area (Å²) in [5.41, 5.74) is 1.52. The minimum absolute atomic E-state index is 0.472. The van der Waals surface area contributed by atoms with Gasteiger partial charge in [-0.1, -0.05) is 0 Å². The van der Waals surface area contributed by atoms with Crippen LogP contribution in [0.3, 0.4) is 0 Å². The number of nitriles is 1. The maximum atomic E-state index is 8.73. The maximum absolute atomic E-state index is 8.73. The van der Waals surface area contributed by atoms with Gasteiger partial charge in [0.1, 0.15) is 6.07 Å². The van der Waals surface area contributed by atoms with Crippen LogP contribution in [0, 0.1) is 14.9 Å². The third kappa shape index (κ3) is 2.33. The first-order valence-electron chi connectivity index (χ1n) is 4.31. The second kappa shape index (κ2) is 4.40. The van der Waals surface area contributed by atoms with E-state index in [9.17, 15) is 0 Å². The minimum atomic E-state index is 0.472. The number of pyridine rings is 1. The number of hydrogen-bond donors (Lipinski definition) is 0. The monoisotopic (exact) mass is 310 g/mol. The Kier molecular flexibility index (Phi) is 2.97. The molecule has 2 aromatic heterocycles. The lowest BCUT2D eigenvalue weighted by Crippen LogP contribution is -2.01. The van der Waals surface area contributed by atoms with Crippen molar-refractivity contribution >= 4 is 22.6 Å². The highest BCUT2D eigenvalue weighted by atomic mass is 127. The molecule has 0 N–H and O–H groups in total. The summed E-state index contributed by atoms with van der Waals surface area (Å²) in [7, 11) is 0. The van der Waals surface area contributed by atoms with Crippen LogP contribution in [0.15, 0.2) is 30.7 Å². The molecule has 74 valence electrons. The van der Waals surface area contributed by atoms with E-state index in [0.717, 1.165) is 9.13 Å². The topological polar surface area (TPSA) is 54.5 Å². The van der Waals surface area contributed by atoms with Crippen LogP contribution in [0.25, 0.3) is 0 Å². The minimum Gasteiger partial charge on any atom is -0.268 e. The van der Waals surface area contributed by atoms with Crippen LogP contribution >= 0.6 is 22.6 Å². The molecule has 4 nitrogen and oxygen atoms in total. The van der Waals surface area contributed by atoms with E-state index in [-0.39, 0.29) is 0 Å². The molecule has 0 spiro atoms. The molecule has 0 fully saturated rings. The zero-order chi connectivity index (χ0) is 10.7. The Labute approximate surface area is 101 Å². The van der Waals surface area contributed by atoms with Crippen molar-refractivity contribution in [3.8, 4) is 6.07 Å². The molecule has 2 heterocycles. The summed E-state index contributed by atoms with van der Waals surface area (Å²) in [6.45, 7) is 0.682. The summed E-state index contributed by atoms with van der Waals surface area (Å²) in [6.07, 6.45) is 5.34.